The van der Waals surface area contributed by atoms with Crippen LogP contribution in [0.25, 0.3) is 0 Å². The number of hydrogen-bond donors (Lipinski definition) is 1. The number of benzene rings is 4. The molecule has 0 unspecified atom stereocenters. The second-order valence-electron chi connectivity index (χ2n) is 11.9. The van der Waals surface area contributed by atoms with Crippen LogP contribution in [0.3, 0.4) is 0 Å². The van der Waals surface area contributed by atoms with Crippen molar-refractivity contribution in [3.8, 4) is 17.2 Å². The molecule has 0 spiro atoms. The Morgan fingerprint density at radius 2 is 1.44 bits per heavy atom. The van der Waals surface area contributed by atoms with Crippen molar-refractivity contribution >= 4 is 27.5 Å². The number of carbonyl (C=O) groups is 2. The lowest BCUT2D eigenvalue weighted by Crippen LogP contribution is -2.54. The molecule has 5 rings (SSSR count). The van der Waals surface area contributed by atoms with Gasteiger partial charge in [-0.2, -0.15) is 0 Å². The Bertz CT molecular complexity index is 1740. The molecule has 2 amide bonds. The van der Waals surface area contributed by atoms with E-state index in [0.29, 0.717) is 23.7 Å². The van der Waals surface area contributed by atoms with Gasteiger partial charge in [-0.1, -0.05) is 74.7 Å². The Morgan fingerprint density at radius 1 is 0.812 bits per heavy atom. The SMILES string of the molecule is CC[C@@H](C(=O)NC1CCCCC1)N(Cc1cccc(OC)c1)C(=O)CN(c1ccc(Oc2ccccc2)cc1)S(=O)(=O)c1ccccc1. The topological polar surface area (TPSA) is 105 Å². The largest absolute Gasteiger partial charge is 0.497 e. The molecule has 0 bridgehead atoms. The monoisotopic (exact) mass is 669 g/mol. The Labute approximate surface area is 283 Å². The zero-order valence-electron chi connectivity index (χ0n) is 27.5. The van der Waals surface area contributed by atoms with E-state index >= 15 is 0 Å². The van der Waals surface area contributed by atoms with E-state index in [2.05, 4.69) is 5.32 Å². The zero-order valence-corrected chi connectivity index (χ0v) is 28.3. The molecule has 48 heavy (non-hydrogen) atoms. The Morgan fingerprint density at radius 3 is 2.08 bits per heavy atom. The van der Waals surface area contributed by atoms with Gasteiger partial charge in [-0.25, -0.2) is 8.42 Å². The predicted molar refractivity (Wildman–Crippen MR) is 187 cm³/mol. The first-order chi connectivity index (χ1) is 23.3. The number of carbonyl (C=O) groups excluding carboxylic acids is 2. The van der Waals surface area contributed by atoms with Crippen molar-refractivity contribution < 1.29 is 27.5 Å². The van der Waals surface area contributed by atoms with Crippen LogP contribution in [0.1, 0.15) is 51.0 Å². The van der Waals surface area contributed by atoms with E-state index in [1.54, 1.807) is 49.6 Å². The quantitative estimate of drug-likeness (QED) is 0.156. The molecule has 9 nitrogen and oxygen atoms in total. The number of amides is 2. The van der Waals surface area contributed by atoms with Gasteiger partial charge in [0.2, 0.25) is 11.8 Å². The molecule has 4 aromatic carbocycles. The summed E-state index contributed by atoms with van der Waals surface area (Å²) in [6.45, 7) is 1.43. The maximum Gasteiger partial charge on any atom is 0.264 e. The lowest BCUT2D eigenvalue weighted by molar-refractivity contribution is -0.140. The molecule has 0 saturated heterocycles. The number of nitrogens with zero attached hydrogens (tertiary/aromatic N) is 2. The standard InChI is InChI=1S/C38H43N3O6S/c1-3-36(38(43)39-30-15-7-4-8-16-30)40(27-29-14-13-19-34(26-29)46-2)37(42)28-41(48(44,45)35-20-11-6-12-21-35)31-22-24-33(25-23-31)47-32-17-9-5-10-18-32/h5-6,9-14,17-26,30,36H,3-4,7-8,15-16,27-28H2,1-2H3,(H,39,43)/t36-/m0/s1. The fourth-order valence-electron chi connectivity index (χ4n) is 5.98. The molecule has 4 aromatic rings. The molecule has 252 valence electrons. The fourth-order valence-corrected chi connectivity index (χ4v) is 7.42. The smallest absolute Gasteiger partial charge is 0.264 e. The molecular weight excluding hydrogens is 627 g/mol. The van der Waals surface area contributed by atoms with Crippen LogP contribution in [0.5, 0.6) is 17.2 Å². The molecule has 1 saturated carbocycles. The molecule has 10 heteroatoms. The minimum atomic E-state index is -4.19. The van der Waals surface area contributed by atoms with Crippen LogP contribution in [0.2, 0.25) is 0 Å². The summed E-state index contributed by atoms with van der Waals surface area (Å²) in [6.07, 6.45) is 5.41. The molecule has 0 aliphatic heterocycles. The van der Waals surface area contributed by atoms with Gasteiger partial charge in [0.25, 0.3) is 10.0 Å². The second-order valence-corrected chi connectivity index (χ2v) is 13.7. The van der Waals surface area contributed by atoms with E-state index in [1.165, 1.54) is 17.0 Å². The predicted octanol–water partition coefficient (Wildman–Crippen LogP) is 6.94. The number of anilines is 1. The summed E-state index contributed by atoms with van der Waals surface area (Å²) < 4.78 is 40.8. The molecule has 1 aliphatic rings. The third-order valence-electron chi connectivity index (χ3n) is 8.54. The normalized spacial score (nSPS) is 14.0. The number of ether oxygens (including phenoxy) is 2. The van der Waals surface area contributed by atoms with Crippen LogP contribution in [0.4, 0.5) is 5.69 Å². The van der Waals surface area contributed by atoms with E-state index in [-0.39, 0.29) is 29.1 Å². The summed E-state index contributed by atoms with van der Waals surface area (Å²) in [5, 5.41) is 3.18. The number of rotatable bonds is 14. The van der Waals surface area contributed by atoms with Gasteiger partial charge in [0, 0.05) is 12.6 Å². The van der Waals surface area contributed by atoms with Crippen LogP contribution in [-0.2, 0) is 26.2 Å². The van der Waals surface area contributed by atoms with Crippen LogP contribution in [-0.4, -0.2) is 50.9 Å². The average molecular weight is 670 g/mol. The van der Waals surface area contributed by atoms with Gasteiger partial charge in [-0.3, -0.25) is 13.9 Å². The van der Waals surface area contributed by atoms with Gasteiger partial charge < -0.3 is 19.7 Å². The van der Waals surface area contributed by atoms with Crippen LogP contribution in [0, 0.1) is 0 Å². The maximum absolute atomic E-state index is 14.5. The molecule has 0 heterocycles. The summed E-state index contributed by atoms with van der Waals surface area (Å²) >= 11 is 0. The van der Waals surface area contributed by atoms with Gasteiger partial charge in [-0.05, 0) is 85.5 Å². The Hall–Kier alpha value is -4.83. The lowest BCUT2D eigenvalue weighted by atomic mass is 9.95. The number of hydrogen-bond acceptors (Lipinski definition) is 6. The first-order valence-corrected chi connectivity index (χ1v) is 17.9. The molecule has 1 fully saturated rings. The molecule has 0 aromatic heterocycles. The third kappa shape index (κ3) is 8.74. The summed E-state index contributed by atoms with van der Waals surface area (Å²) in [4.78, 5) is 29.8. The number of sulfonamides is 1. The first-order valence-electron chi connectivity index (χ1n) is 16.4. The number of methoxy groups -OCH3 is 1. The van der Waals surface area contributed by atoms with Crippen molar-refractivity contribution in [1.29, 1.82) is 0 Å². The molecular formula is C38H43N3O6S. The van der Waals surface area contributed by atoms with Gasteiger partial charge in [0.15, 0.2) is 0 Å². The van der Waals surface area contributed by atoms with Crippen molar-refractivity contribution in [2.24, 2.45) is 0 Å². The molecule has 1 atom stereocenters. The Kier molecular flexibility index (Phi) is 11.7. The van der Waals surface area contributed by atoms with Gasteiger partial charge >= 0.3 is 0 Å². The van der Waals surface area contributed by atoms with Crippen molar-refractivity contribution in [3.63, 3.8) is 0 Å². The van der Waals surface area contributed by atoms with Crippen molar-refractivity contribution in [2.45, 2.75) is 69.0 Å². The lowest BCUT2D eigenvalue weighted by Gasteiger charge is -2.34. The van der Waals surface area contributed by atoms with Gasteiger partial charge in [0.1, 0.15) is 29.8 Å². The highest BCUT2D eigenvalue weighted by Gasteiger charge is 2.34. The van der Waals surface area contributed by atoms with E-state index < -0.39 is 28.5 Å². The molecule has 1 aliphatic carbocycles. The summed E-state index contributed by atoms with van der Waals surface area (Å²) in [5.74, 6) is 1.02. The Balaban J connectivity index is 1.48. The first kappa shape index (κ1) is 34.5. The maximum atomic E-state index is 14.5. The van der Waals surface area contributed by atoms with Gasteiger partial charge in [0.05, 0.1) is 17.7 Å². The second kappa shape index (κ2) is 16.3. The fraction of sp³-hybridized carbons (Fsp3) is 0.316. The minimum Gasteiger partial charge on any atom is -0.497 e. The molecule has 0 radical (unpaired) electrons. The highest BCUT2D eigenvalue weighted by Crippen LogP contribution is 2.29. The van der Waals surface area contributed by atoms with Gasteiger partial charge in [-0.15, -0.1) is 0 Å². The highest BCUT2D eigenvalue weighted by atomic mass is 32.2. The summed E-state index contributed by atoms with van der Waals surface area (Å²) in [5.41, 5.74) is 1.04. The average Bonchev–Trinajstić information content (AvgIpc) is 3.12. The van der Waals surface area contributed by atoms with Crippen LogP contribution >= 0.6 is 0 Å². The van der Waals surface area contributed by atoms with Crippen LogP contribution < -0.4 is 19.1 Å². The number of nitrogens with one attached hydrogen (secondary N) is 1. The van der Waals surface area contributed by atoms with Crippen LogP contribution in [0.15, 0.2) is 114 Å². The minimum absolute atomic E-state index is 0.0452. The van der Waals surface area contributed by atoms with E-state index in [9.17, 15) is 18.0 Å². The van der Waals surface area contributed by atoms with Crippen molar-refractivity contribution in [2.75, 3.05) is 18.0 Å². The van der Waals surface area contributed by atoms with E-state index in [1.807, 2.05) is 61.5 Å². The van der Waals surface area contributed by atoms with Crippen molar-refractivity contribution in [3.05, 3.63) is 115 Å². The zero-order chi connectivity index (χ0) is 33.9. The number of para-hydroxylation sites is 1. The van der Waals surface area contributed by atoms with E-state index in [4.69, 9.17) is 9.47 Å². The summed E-state index contributed by atoms with van der Waals surface area (Å²) in [7, 11) is -2.62. The third-order valence-corrected chi connectivity index (χ3v) is 10.3. The molecule has 1 N–H and O–H groups in total. The highest BCUT2D eigenvalue weighted by molar-refractivity contribution is 7.92. The summed E-state index contributed by atoms with van der Waals surface area (Å²) in [6, 6.07) is 30.4. The van der Waals surface area contributed by atoms with E-state index in [0.717, 1.165) is 42.0 Å². The van der Waals surface area contributed by atoms with Crippen molar-refractivity contribution in [1.82, 2.24) is 10.2 Å².